The zero-order chi connectivity index (χ0) is 27.8. The number of phenolic OH excluding ortho intramolecular Hbond substituents is 1. The molecule has 10 heteroatoms. The van der Waals surface area contributed by atoms with Gasteiger partial charge in [0.2, 0.25) is 0 Å². The number of carbonyl (C=O) groups excluding carboxylic acids is 1. The van der Waals surface area contributed by atoms with Gasteiger partial charge in [-0.2, -0.15) is 5.10 Å². The number of hydrazone groups is 1. The Labute approximate surface area is 245 Å². The molecule has 0 saturated heterocycles. The van der Waals surface area contributed by atoms with Crippen molar-refractivity contribution in [2.75, 3.05) is 5.32 Å². The van der Waals surface area contributed by atoms with E-state index >= 15 is 0 Å². The lowest BCUT2D eigenvalue weighted by Gasteiger charge is -2.14. The monoisotopic (exact) mass is 652 g/mol. The zero-order valence-electron chi connectivity index (χ0n) is 21.6. The van der Waals surface area contributed by atoms with Gasteiger partial charge < -0.3 is 10.4 Å². The molecule has 0 radical (unpaired) electrons. The average Bonchev–Trinajstić information content (AvgIpc) is 3.32. The minimum atomic E-state index is -0.506. The Morgan fingerprint density at radius 3 is 2.72 bits per heavy atom. The zero-order valence-corrected chi connectivity index (χ0v) is 24.6. The number of anilines is 1. The molecule has 0 aliphatic rings. The van der Waals surface area contributed by atoms with Gasteiger partial charge in [-0.25, -0.2) is 5.43 Å². The summed E-state index contributed by atoms with van der Waals surface area (Å²) in [6.07, 6.45) is 3.69. The maximum absolute atomic E-state index is 12.8. The Hall–Kier alpha value is -3.64. The predicted octanol–water partition coefficient (Wildman–Crippen LogP) is 5.86. The highest BCUT2D eigenvalue weighted by atomic mass is 127. The van der Waals surface area contributed by atoms with Gasteiger partial charge >= 0.3 is 0 Å². The fourth-order valence-corrected chi connectivity index (χ4v) is 5.36. The summed E-state index contributed by atoms with van der Waals surface area (Å²) >= 11 is 3.59. The SMILES string of the molecule is C=CCc1cccc(/C=N/NC(=O)C(C)Sc2nnc(CNc3ccc(I)cc3C)n2-c2ccccc2)c1O. The lowest BCUT2D eigenvalue weighted by atomic mass is 10.1. The van der Waals surface area contributed by atoms with Crippen LogP contribution in [0.25, 0.3) is 5.69 Å². The van der Waals surface area contributed by atoms with Crippen LogP contribution in [0.2, 0.25) is 0 Å². The minimum absolute atomic E-state index is 0.121. The van der Waals surface area contributed by atoms with Gasteiger partial charge in [-0.05, 0) is 90.4 Å². The summed E-state index contributed by atoms with van der Waals surface area (Å²) in [6.45, 7) is 8.02. The van der Waals surface area contributed by atoms with Crippen LogP contribution in [-0.2, 0) is 17.8 Å². The second kappa shape index (κ2) is 13.4. The van der Waals surface area contributed by atoms with Crippen LogP contribution in [0.4, 0.5) is 5.69 Å². The summed E-state index contributed by atoms with van der Waals surface area (Å²) < 4.78 is 3.13. The second-order valence-electron chi connectivity index (χ2n) is 8.72. The first-order valence-corrected chi connectivity index (χ1v) is 14.2. The van der Waals surface area contributed by atoms with Crippen molar-refractivity contribution in [2.45, 2.75) is 37.2 Å². The van der Waals surface area contributed by atoms with E-state index in [4.69, 9.17) is 0 Å². The van der Waals surface area contributed by atoms with Gasteiger partial charge in [-0.3, -0.25) is 9.36 Å². The van der Waals surface area contributed by atoms with E-state index in [0.29, 0.717) is 23.7 Å². The summed E-state index contributed by atoms with van der Waals surface area (Å²) in [4.78, 5) is 12.8. The number of nitrogens with zero attached hydrogens (tertiary/aromatic N) is 4. The Morgan fingerprint density at radius 1 is 1.18 bits per heavy atom. The molecule has 1 amide bonds. The number of allylic oxidation sites excluding steroid dienone is 1. The van der Waals surface area contributed by atoms with Crippen molar-refractivity contribution >= 4 is 52.2 Å². The van der Waals surface area contributed by atoms with E-state index < -0.39 is 5.25 Å². The third-order valence-electron chi connectivity index (χ3n) is 5.89. The van der Waals surface area contributed by atoms with Crippen molar-refractivity contribution in [3.8, 4) is 11.4 Å². The number of hydrogen-bond donors (Lipinski definition) is 3. The number of amides is 1. The molecule has 3 N–H and O–H groups in total. The number of hydrogen-bond acceptors (Lipinski definition) is 7. The molecule has 4 aromatic rings. The molecule has 1 unspecified atom stereocenters. The fraction of sp³-hybridized carbons (Fsp3) is 0.172. The summed E-state index contributed by atoms with van der Waals surface area (Å²) in [5.74, 6) is 0.548. The number of carbonyl (C=O) groups is 1. The number of phenols is 1. The van der Waals surface area contributed by atoms with Gasteiger partial charge in [0, 0.05) is 20.5 Å². The summed E-state index contributed by atoms with van der Waals surface area (Å²) in [5.41, 5.74) is 6.90. The predicted molar refractivity (Wildman–Crippen MR) is 166 cm³/mol. The second-order valence-corrected chi connectivity index (χ2v) is 11.3. The highest BCUT2D eigenvalue weighted by Gasteiger charge is 2.21. The van der Waals surface area contributed by atoms with E-state index in [1.54, 1.807) is 19.1 Å². The van der Waals surface area contributed by atoms with Crippen LogP contribution in [0, 0.1) is 10.5 Å². The molecule has 0 fully saturated rings. The van der Waals surface area contributed by atoms with Crippen molar-refractivity contribution in [2.24, 2.45) is 5.10 Å². The van der Waals surface area contributed by atoms with Gasteiger partial charge in [-0.15, -0.1) is 16.8 Å². The van der Waals surface area contributed by atoms with E-state index in [1.165, 1.54) is 21.5 Å². The van der Waals surface area contributed by atoms with Crippen LogP contribution in [0.5, 0.6) is 5.75 Å². The van der Waals surface area contributed by atoms with Crippen molar-refractivity contribution in [3.63, 3.8) is 0 Å². The number of rotatable bonds is 11. The molecule has 3 aromatic carbocycles. The highest BCUT2D eigenvalue weighted by molar-refractivity contribution is 14.1. The Morgan fingerprint density at radius 2 is 1.97 bits per heavy atom. The van der Waals surface area contributed by atoms with Crippen LogP contribution < -0.4 is 10.7 Å². The molecule has 8 nitrogen and oxygen atoms in total. The standard InChI is InChI=1S/C29H29IN6O2S/c1-4-9-21-10-8-11-22(27(21)37)17-32-34-28(38)20(3)39-29-35-33-26(36(29)24-12-6-5-7-13-24)18-31-25-15-14-23(30)16-19(25)2/h4-8,10-17,20,31,37H,1,9,18H2,2-3H3,(H,34,38)/b32-17+. The highest BCUT2D eigenvalue weighted by Crippen LogP contribution is 2.27. The van der Waals surface area contributed by atoms with Crippen molar-refractivity contribution in [3.05, 3.63) is 105 Å². The van der Waals surface area contributed by atoms with Gasteiger partial charge in [0.25, 0.3) is 5.91 Å². The Balaban J connectivity index is 1.47. The van der Waals surface area contributed by atoms with Gasteiger partial charge in [0.15, 0.2) is 11.0 Å². The van der Waals surface area contributed by atoms with Crippen LogP contribution in [0.1, 0.15) is 29.4 Å². The smallest absolute Gasteiger partial charge is 0.253 e. The van der Waals surface area contributed by atoms with Gasteiger partial charge in [0.05, 0.1) is 18.0 Å². The largest absolute Gasteiger partial charge is 0.507 e. The molecule has 0 saturated carbocycles. The maximum atomic E-state index is 12.8. The maximum Gasteiger partial charge on any atom is 0.253 e. The van der Waals surface area contributed by atoms with E-state index in [0.717, 1.165) is 28.3 Å². The van der Waals surface area contributed by atoms with Crippen molar-refractivity contribution < 1.29 is 9.90 Å². The Kier molecular flexibility index (Phi) is 9.77. The molecular formula is C29H29IN6O2S. The van der Waals surface area contributed by atoms with Crippen LogP contribution >= 0.6 is 34.4 Å². The molecule has 4 rings (SSSR count). The number of aryl methyl sites for hydroxylation is 1. The molecule has 1 atom stereocenters. The number of benzene rings is 3. The third-order valence-corrected chi connectivity index (χ3v) is 7.60. The molecular weight excluding hydrogens is 623 g/mol. The first-order valence-electron chi connectivity index (χ1n) is 12.3. The first kappa shape index (κ1) is 28.4. The van der Waals surface area contributed by atoms with E-state index in [1.807, 2.05) is 47.0 Å². The fourth-order valence-electron chi connectivity index (χ4n) is 3.83. The molecule has 0 aliphatic carbocycles. The third kappa shape index (κ3) is 7.27. The number of halogens is 1. The van der Waals surface area contributed by atoms with Gasteiger partial charge in [0.1, 0.15) is 5.75 Å². The topological polar surface area (TPSA) is 104 Å². The number of nitrogens with one attached hydrogen (secondary N) is 2. The Bertz CT molecular complexity index is 1490. The molecule has 1 aromatic heterocycles. The summed E-state index contributed by atoms with van der Waals surface area (Å²) in [6, 6.07) is 21.4. The molecule has 39 heavy (non-hydrogen) atoms. The lowest BCUT2D eigenvalue weighted by molar-refractivity contribution is -0.120. The molecule has 200 valence electrons. The quantitative estimate of drug-likeness (QED) is 0.0617. The van der Waals surface area contributed by atoms with E-state index in [2.05, 4.69) is 80.3 Å². The minimum Gasteiger partial charge on any atom is -0.507 e. The number of para-hydroxylation sites is 2. The van der Waals surface area contributed by atoms with Crippen LogP contribution in [0.3, 0.4) is 0 Å². The normalized spacial score (nSPS) is 11.9. The summed E-state index contributed by atoms with van der Waals surface area (Å²) in [7, 11) is 0. The average molecular weight is 653 g/mol. The van der Waals surface area contributed by atoms with Crippen LogP contribution in [0.15, 0.2) is 89.6 Å². The molecule has 0 aliphatic heterocycles. The van der Waals surface area contributed by atoms with E-state index in [9.17, 15) is 9.90 Å². The van der Waals surface area contributed by atoms with Crippen molar-refractivity contribution in [1.29, 1.82) is 0 Å². The van der Waals surface area contributed by atoms with Crippen molar-refractivity contribution in [1.82, 2.24) is 20.2 Å². The first-order chi connectivity index (χ1) is 18.9. The van der Waals surface area contributed by atoms with E-state index in [-0.39, 0.29) is 11.7 Å². The molecule has 0 spiro atoms. The number of thioether (sulfide) groups is 1. The summed E-state index contributed by atoms with van der Waals surface area (Å²) in [5, 5.41) is 26.8. The number of aromatic hydroxyl groups is 1. The van der Waals surface area contributed by atoms with Gasteiger partial charge in [-0.1, -0.05) is 48.2 Å². The molecule has 0 bridgehead atoms. The number of aromatic nitrogens is 3. The van der Waals surface area contributed by atoms with Crippen LogP contribution in [-0.4, -0.2) is 37.2 Å². The lowest BCUT2D eigenvalue weighted by Crippen LogP contribution is -2.27. The molecule has 1 heterocycles.